The molecule has 3 rings (SSSR count). The van der Waals surface area contributed by atoms with Crippen LogP contribution in [0.15, 0.2) is 0 Å². The standard InChI is InChI=1S/C39H78N7O17P3S/c1-4-5-6-7-8-9-10-11-12-13-14-15-16-17-18-19-30(48)67-23-22-41-29(47)20-21-42-37(51)34(50)39(2,3)25-60-66(57,58)63-65(55,56)59-24-28-33(62-64(52,53)54)32(49)38(61-28)46-27-45-31-35(40)43-26-44-36(31)46/h28,31-36,38,43-45,49-50H,4-27,40H2,1-3H3,(H,41,47)(H,42,51)(H,55,56)(H,57,58)(H2,52,53,54). The van der Waals surface area contributed by atoms with Gasteiger partial charge in [-0.1, -0.05) is 122 Å². The fourth-order valence-electron chi connectivity index (χ4n) is 7.85. The molecule has 10 unspecified atom stereocenters. The number of carbonyl (C=O) groups is 3. The van der Waals surface area contributed by atoms with E-state index in [4.69, 9.17) is 24.0 Å². The highest BCUT2D eigenvalue weighted by Gasteiger charge is 2.54. The number of aliphatic hydroxyl groups is 2. The number of phosphoric ester groups is 3. The number of nitrogens with one attached hydrogen (secondary N) is 5. The number of amides is 2. The summed E-state index contributed by atoms with van der Waals surface area (Å²) in [5.41, 5.74) is 4.49. The minimum absolute atomic E-state index is 0.0758. The fraction of sp³-hybridized carbons (Fsp3) is 0.923. The molecule has 0 aliphatic carbocycles. The summed E-state index contributed by atoms with van der Waals surface area (Å²) >= 11 is 1.16. The number of ether oxygens (including phenoxy) is 1. The van der Waals surface area contributed by atoms with Crippen molar-refractivity contribution in [3.63, 3.8) is 0 Å². The van der Waals surface area contributed by atoms with Crippen molar-refractivity contribution < 1.29 is 80.5 Å². The van der Waals surface area contributed by atoms with Gasteiger partial charge in [-0.15, -0.1) is 0 Å². The maximum absolute atomic E-state index is 12.8. The topological polar surface area (TPSA) is 359 Å². The van der Waals surface area contributed by atoms with E-state index < -0.39 is 96.9 Å². The van der Waals surface area contributed by atoms with Gasteiger partial charge in [0.05, 0.1) is 38.3 Å². The normalized spacial score (nSPS) is 25.9. The van der Waals surface area contributed by atoms with Crippen molar-refractivity contribution in [1.82, 2.24) is 31.5 Å². The number of nitrogens with zero attached hydrogens (tertiary/aromatic N) is 1. The van der Waals surface area contributed by atoms with E-state index in [0.29, 0.717) is 12.2 Å². The Morgan fingerprint density at radius 1 is 0.836 bits per heavy atom. The quantitative estimate of drug-likeness (QED) is 0.0320. The van der Waals surface area contributed by atoms with E-state index in [-0.39, 0.29) is 44.0 Å². The highest BCUT2D eigenvalue weighted by Crippen LogP contribution is 2.61. The van der Waals surface area contributed by atoms with Crippen LogP contribution < -0.4 is 32.3 Å². The molecule has 3 saturated heterocycles. The first kappa shape index (κ1) is 60.3. The molecule has 10 atom stereocenters. The second kappa shape index (κ2) is 30.1. The van der Waals surface area contributed by atoms with Gasteiger partial charge >= 0.3 is 23.5 Å². The first-order valence-corrected chi connectivity index (χ1v) is 28.9. The summed E-state index contributed by atoms with van der Waals surface area (Å²) in [5, 5.41) is 36.0. The Balaban J connectivity index is 1.28. The third kappa shape index (κ3) is 23.0. The van der Waals surface area contributed by atoms with E-state index >= 15 is 0 Å². The van der Waals surface area contributed by atoms with Crippen molar-refractivity contribution in [2.45, 2.75) is 179 Å². The lowest BCUT2D eigenvalue weighted by Gasteiger charge is -2.38. The molecular formula is C39H78N7O17P3S. The van der Waals surface area contributed by atoms with Crippen LogP contribution in [-0.2, 0) is 50.7 Å². The van der Waals surface area contributed by atoms with Crippen LogP contribution >= 0.6 is 35.2 Å². The number of hydrogen-bond donors (Lipinski definition) is 12. The second-order valence-electron chi connectivity index (χ2n) is 17.9. The lowest BCUT2D eigenvalue weighted by molar-refractivity contribution is -0.137. The monoisotopic (exact) mass is 1040 g/mol. The van der Waals surface area contributed by atoms with Gasteiger partial charge in [0.1, 0.15) is 30.6 Å². The summed E-state index contributed by atoms with van der Waals surface area (Å²) in [6, 6.07) is -0.373. The van der Waals surface area contributed by atoms with Gasteiger partial charge in [-0.25, -0.2) is 18.6 Å². The molecule has 0 spiro atoms. The second-order valence-corrected chi connectivity index (χ2v) is 23.3. The third-order valence-electron chi connectivity index (χ3n) is 11.7. The van der Waals surface area contributed by atoms with E-state index in [1.54, 1.807) is 4.90 Å². The molecule has 3 aliphatic heterocycles. The molecule has 13 N–H and O–H groups in total. The van der Waals surface area contributed by atoms with Crippen molar-refractivity contribution in [1.29, 1.82) is 0 Å². The van der Waals surface area contributed by atoms with Gasteiger partial charge in [0.2, 0.25) is 11.8 Å². The van der Waals surface area contributed by atoms with Crippen LogP contribution in [0.1, 0.15) is 130 Å². The summed E-state index contributed by atoms with van der Waals surface area (Å²) in [6.07, 6.45) is 9.75. The van der Waals surface area contributed by atoms with Crippen LogP contribution in [0.3, 0.4) is 0 Å². The summed E-state index contributed by atoms with van der Waals surface area (Å²) in [6.45, 7) is 3.34. The molecular weight excluding hydrogens is 963 g/mol. The molecule has 3 fully saturated rings. The Hall–Kier alpha value is -0.990. The number of hydrogen-bond acceptors (Lipinski definition) is 19. The molecule has 24 nitrogen and oxygen atoms in total. The third-order valence-corrected chi connectivity index (χ3v) is 15.7. The van der Waals surface area contributed by atoms with Gasteiger partial charge in [0, 0.05) is 43.8 Å². The van der Waals surface area contributed by atoms with Crippen LogP contribution in [0.25, 0.3) is 0 Å². The van der Waals surface area contributed by atoms with Gasteiger partial charge in [-0.2, -0.15) is 4.31 Å². The van der Waals surface area contributed by atoms with Gasteiger partial charge in [0.15, 0.2) is 5.12 Å². The lowest BCUT2D eigenvalue weighted by Crippen LogP contribution is -2.68. The molecule has 0 saturated carbocycles. The van der Waals surface area contributed by atoms with E-state index in [1.165, 1.54) is 90.9 Å². The summed E-state index contributed by atoms with van der Waals surface area (Å²) in [5.74, 6) is -0.948. The molecule has 392 valence electrons. The van der Waals surface area contributed by atoms with Crippen LogP contribution in [0.2, 0.25) is 0 Å². The molecule has 3 heterocycles. The van der Waals surface area contributed by atoms with E-state index in [2.05, 4.69) is 37.8 Å². The average molecular weight is 1040 g/mol. The molecule has 3 aliphatic rings. The zero-order chi connectivity index (χ0) is 49.7. The fourth-order valence-corrected chi connectivity index (χ4v) is 11.4. The van der Waals surface area contributed by atoms with Gasteiger partial charge in [-0.3, -0.25) is 43.9 Å². The zero-order valence-electron chi connectivity index (χ0n) is 39.0. The first-order chi connectivity index (χ1) is 31.6. The zero-order valence-corrected chi connectivity index (χ0v) is 42.5. The Labute approximate surface area is 398 Å². The minimum atomic E-state index is -5.53. The highest BCUT2D eigenvalue weighted by molar-refractivity contribution is 8.13. The Bertz CT molecular complexity index is 1660. The number of nitrogens with two attached hydrogens (primary N) is 1. The number of unbranched alkanes of at least 4 members (excludes halogenated alkanes) is 14. The lowest BCUT2D eigenvalue weighted by atomic mass is 9.87. The summed E-state index contributed by atoms with van der Waals surface area (Å²) in [4.78, 5) is 78.3. The summed E-state index contributed by atoms with van der Waals surface area (Å²) < 4.78 is 61.7. The molecule has 28 heteroatoms. The number of thioether (sulfide) groups is 1. The SMILES string of the molecule is CCCCCCCCCCCCCCCCCC(=O)SCCNC(=O)CCNC(=O)C(O)C(C)(C)COP(=O)(O)OP(=O)(O)OCC1OC(N2CNC3C(N)NCNC32)C(O)C1OP(=O)(O)O. The molecule has 2 amide bonds. The van der Waals surface area contributed by atoms with E-state index in [9.17, 15) is 57.9 Å². The van der Waals surface area contributed by atoms with Gasteiger partial charge in [-0.05, 0) is 6.42 Å². The number of fused-ring (bicyclic) bond motifs is 1. The van der Waals surface area contributed by atoms with Crippen LogP contribution in [-0.4, -0.2) is 146 Å². The predicted octanol–water partition coefficient (Wildman–Crippen LogP) is 2.32. The Kier molecular flexibility index (Phi) is 27.1. The Morgan fingerprint density at radius 2 is 1.42 bits per heavy atom. The van der Waals surface area contributed by atoms with Crippen molar-refractivity contribution in [3.8, 4) is 0 Å². The van der Waals surface area contributed by atoms with Gasteiger partial charge in [0.25, 0.3) is 0 Å². The van der Waals surface area contributed by atoms with Crippen molar-refractivity contribution >= 4 is 52.2 Å². The number of aliphatic hydroxyl groups excluding tert-OH is 2. The van der Waals surface area contributed by atoms with Gasteiger partial charge < -0.3 is 50.9 Å². The van der Waals surface area contributed by atoms with E-state index in [1.807, 2.05) is 0 Å². The number of carbonyl (C=O) groups excluding carboxylic acids is 3. The predicted molar refractivity (Wildman–Crippen MR) is 248 cm³/mol. The number of phosphoric acid groups is 3. The molecule has 0 radical (unpaired) electrons. The first-order valence-electron chi connectivity index (χ1n) is 23.4. The molecule has 0 aromatic rings. The molecule has 0 aromatic carbocycles. The average Bonchev–Trinajstić information content (AvgIpc) is 3.81. The highest BCUT2D eigenvalue weighted by atomic mass is 32.2. The summed E-state index contributed by atoms with van der Waals surface area (Å²) in [7, 11) is -16.3. The van der Waals surface area contributed by atoms with Crippen molar-refractivity contribution in [2.24, 2.45) is 11.1 Å². The van der Waals surface area contributed by atoms with Crippen LogP contribution in [0, 0.1) is 5.41 Å². The molecule has 0 aromatic heterocycles. The van der Waals surface area contributed by atoms with E-state index in [0.717, 1.165) is 31.0 Å². The number of rotatable bonds is 35. The van der Waals surface area contributed by atoms with Crippen LogP contribution in [0.4, 0.5) is 0 Å². The van der Waals surface area contributed by atoms with Crippen molar-refractivity contribution in [2.75, 3.05) is 45.4 Å². The maximum Gasteiger partial charge on any atom is 0.481 e. The van der Waals surface area contributed by atoms with Crippen molar-refractivity contribution in [3.05, 3.63) is 0 Å². The molecule has 0 bridgehead atoms. The smallest absolute Gasteiger partial charge is 0.386 e. The molecule has 67 heavy (non-hydrogen) atoms. The largest absolute Gasteiger partial charge is 0.481 e. The minimum Gasteiger partial charge on any atom is -0.386 e. The van der Waals surface area contributed by atoms with Crippen LogP contribution in [0.5, 0.6) is 0 Å². The maximum atomic E-state index is 12.8. The Morgan fingerprint density at radius 3 is 2.01 bits per heavy atom.